The van der Waals surface area contributed by atoms with Gasteiger partial charge in [-0.1, -0.05) is 20.8 Å². The lowest BCUT2D eigenvalue weighted by molar-refractivity contribution is 0.234. The molecule has 0 saturated carbocycles. The van der Waals surface area contributed by atoms with Gasteiger partial charge in [0.2, 0.25) is 9.84 Å². The predicted molar refractivity (Wildman–Crippen MR) is 67.6 cm³/mol. The minimum absolute atomic E-state index is 0.0771. The molecule has 102 valence electrons. The Bertz CT molecular complexity index is 490. The summed E-state index contributed by atoms with van der Waals surface area (Å²) >= 11 is 0. The second-order valence-corrected chi connectivity index (χ2v) is 7.16. The standard InChI is InChI=1S/C12H17F2NO2S/c1-12(2,3)8-15-9-4-6-10(7-5-9)18(16,17)11(13)14/h4-7,11,15H,8H2,1-3H3. The summed E-state index contributed by atoms with van der Waals surface area (Å²) in [5.74, 6) is -3.38. The van der Waals surface area contributed by atoms with Gasteiger partial charge in [0, 0.05) is 12.2 Å². The molecule has 0 unspecified atom stereocenters. The van der Waals surface area contributed by atoms with Crippen molar-refractivity contribution in [1.29, 1.82) is 0 Å². The third-order valence-electron chi connectivity index (χ3n) is 2.24. The number of anilines is 1. The first-order valence-electron chi connectivity index (χ1n) is 5.49. The van der Waals surface area contributed by atoms with E-state index in [1.54, 1.807) is 0 Å². The third kappa shape index (κ3) is 3.94. The Morgan fingerprint density at radius 3 is 2.06 bits per heavy atom. The molecule has 6 heteroatoms. The maximum atomic E-state index is 12.3. The molecule has 0 spiro atoms. The van der Waals surface area contributed by atoms with Crippen LogP contribution in [0.4, 0.5) is 14.5 Å². The number of rotatable bonds is 4. The molecule has 0 radical (unpaired) electrons. The molecular weight excluding hydrogens is 260 g/mol. The maximum absolute atomic E-state index is 12.3. The molecule has 18 heavy (non-hydrogen) atoms. The first-order valence-corrected chi connectivity index (χ1v) is 7.03. The smallest absolute Gasteiger partial charge is 0.341 e. The topological polar surface area (TPSA) is 46.2 Å². The lowest BCUT2D eigenvalue weighted by Gasteiger charge is -2.19. The second-order valence-electron chi connectivity index (χ2n) is 5.24. The Kier molecular flexibility index (Phi) is 4.32. The summed E-state index contributed by atoms with van der Waals surface area (Å²) in [7, 11) is -4.50. The normalized spacial score (nSPS) is 12.8. The van der Waals surface area contributed by atoms with Crippen LogP contribution >= 0.6 is 0 Å². The number of sulfone groups is 1. The van der Waals surface area contributed by atoms with Gasteiger partial charge in [-0.05, 0) is 29.7 Å². The van der Waals surface area contributed by atoms with Crippen molar-refractivity contribution in [2.75, 3.05) is 11.9 Å². The van der Waals surface area contributed by atoms with Crippen molar-refractivity contribution in [2.24, 2.45) is 5.41 Å². The average Bonchev–Trinajstić information content (AvgIpc) is 2.26. The van der Waals surface area contributed by atoms with Gasteiger partial charge in [-0.2, -0.15) is 8.78 Å². The summed E-state index contributed by atoms with van der Waals surface area (Å²) in [5, 5.41) is 3.11. The van der Waals surface area contributed by atoms with Crippen LogP contribution in [0.1, 0.15) is 20.8 Å². The number of halogens is 2. The summed E-state index contributed by atoms with van der Waals surface area (Å²) < 4.78 is 47.0. The zero-order valence-electron chi connectivity index (χ0n) is 10.6. The first kappa shape index (κ1) is 14.9. The van der Waals surface area contributed by atoms with Crippen molar-refractivity contribution in [3.63, 3.8) is 0 Å². The molecule has 0 aromatic heterocycles. The minimum atomic E-state index is -4.50. The highest BCUT2D eigenvalue weighted by Gasteiger charge is 2.26. The lowest BCUT2D eigenvalue weighted by Crippen LogP contribution is -2.19. The number of hydrogen-bond donors (Lipinski definition) is 1. The van der Waals surface area contributed by atoms with Crippen LogP contribution in [-0.2, 0) is 9.84 Å². The van der Waals surface area contributed by atoms with E-state index in [2.05, 4.69) is 26.1 Å². The molecule has 3 nitrogen and oxygen atoms in total. The van der Waals surface area contributed by atoms with Gasteiger partial charge in [0.1, 0.15) is 0 Å². The van der Waals surface area contributed by atoms with Gasteiger partial charge < -0.3 is 5.32 Å². The van der Waals surface area contributed by atoms with E-state index < -0.39 is 15.6 Å². The molecule has 0 aliphatic rings. The molecule has 1 aromatic carbocycles. The fourth-order valence-electron chi connectivity index (χ4n) is 1.23. The van der Waals surface area contributed by atoms with Crippen LogP contribution in [0.5, 0.6) is 0 Å². The second kappa shape index (κ2) is 5.22. The Hall–Kier alpha value is -1.17. The van der Waals surface area contributed by atoms with Gasteiger partial charge >= 0.3 is 5.76 Å². The van der Waals surface area contributed by atoms with Crippen molar-refractivity contribution in [1.82, 2.24) is 0 Å². The lowest BCUT2D eigenvalue weighted by atomic mass is 9.97. The van der Waals surface area contributed by atoms with E-state index in [9.17, 15) is 17.2 Å². The Labute approximate surface area is 106 Å². The van der Waals surface area contributed by atoms with E-state index in [0.717, 1.165) is 0 Å². The van der Waals surface area contributed by atoms with Gasteiger partial charge in [-0.25, -0.2) is 8.42 Å². The predicted octanol–water partition coefficient (Wildman–Crippen LogP) is 3.14. The molecular formula is C12H17F2NO2S. The van der Waals surface area contributed by atoms with Crippen LogP contribution in [0.3, 0.4) is 0 Å². The number of hydrogen-bond acceptors (Lipinski definition) is 3. The maximum Gasteiger partial charge on any atom is 0.341 e. The summed E-state index contributed by atoms with van der Waals surface area (Å²) in [6.45, 7) is 6.86. The quantitative estimate of drug-likeness (QED) is 0.919. The van der Waals surface area contributed by atoms with E-state index in [1.165, 1.54) is 24.3 Å². The molecule has 0 atom stereocenters. The highest BCUT2D eigenvalue weighted by molar-refractivity contribution is 7.91. The van der Waals surface area contributed by atoms with Crippen molar-refractivity contribution in [3.05, 3.63) is 24.3 Å². The summed E-state index contributed by atoms with van der Waals surface area (Å²) in [6.07, 6.45) is 0. The van der Waals surface area contributed by atoms with Crippen molar-refractivity contribution < 1.29 is 17.2 Å². The highest BCUT2D eigenvalue weighted by atomic mass is 32.2. The van der Waals surface area contributed by atoms with Crippen LogP contribution < -0.4 is 5.32 Å². The monoisotopic (exact) mass is 277 g/mol. The van der Waals surface area contributed by atoms with Gasteiger partial charge in [-0.3, -0.25) is 0 Å². The molecule has 1 N–H and O–H groups in total. The van der Waals surface area contributed by atoms with E-state index in [4.69, 9.17) is 0 Å². The van der Waals surface area contributed by atoms with Crippen molar-refractivity contribution in [2.45, 2.75) is 31.4 Å². The molecule has 0 fully saturated rings. The summed E-state index contributed by atoms with van der Waals surface area (Å²) in [4.78, 5) is -0.362. The fraction of sp³-hybridized carbons (Fsp3) is 0.500. The molecule has 0 saturated heterocycles. The fourth-order valence-corrected chi connectivity index (χ4v) is 1.95. The van der Waals surface area contributed by atoms with Crippen molar-refractivity contribution >= 4 is 15.5 Å². The summed E-state index contributed by atoms with van der Waals surface area (Å²) in [5.41, 5.74) is 0.784. The molecule has 0 amide bonds. The summed E-state index contributed by atoms with van der Waals surface area (Å²) in [6, 6.07) is 5.35. The zero-order valence-corrected chi connectivity index (χ0v) is 11.4. The van der Waals surface area contributed by atoms with Crippen LogP contribution in [0.2, 0.25) is 0 Å². The number of alkyl halides is 2. The SMILES string of the molecule is CC(C)(C)CNc1ccc(S(=O)(=O)C(F)F)cc1. The Morgan fingerprint density at radius 1 is 1.17 bits per heavy atom. The van der Waals surface area contributed by atoms with E-state index in [0.29, 0.717) is 12.2 Å². The molecule has 0 aliphatic heterocycles. The minimum Gasteiger partial charge on any atom is -0.385 e. The Morgan fingerprint density at radius 2 is 1.67 bits per heavy atom. The van der Waals surface area contributed by atoms with Crippen LogP contribution in [0, 0.1) is 5.41 Å². The van der Waals surface area contributed by atoms with Gasteiger partial charge in [0.25, 0.3) is 0 Å². The largest absolute Gasteiger partial charge is 0.385 e. The Balaban J connectivity index is 2.81. The highest BCUT2D eigenvalue weighted by Crippen LogP contribution is 2.21. The van der Waals surface area contributed by atoms with Gasteiger partial charge in [0.15, 0.2) is 0 Å². The number of nitrogens with one attached hydrogen (secondary N) is 1. The first-order chi connectivity index (χ1) is 8.13. The third-order valence-corrected chi connectivity index (χ3v) is 3.64. The molecule has 0 heterocycles. The van der Waals surface area contributed by atoms with E-state index in [-0.39, 0.29) is 10.3 Å². The van der Waals surface area contributed by atoms with Crippen LogP contribution in [0.15, 0.2) is 29.2 Å². The van der Waals surface area contributed by atoms with Crippen LogP contribution in [0.25, 0.3) is 0 Å². The molecule has 1 aromatic rings. The van der Waals surface area contributed by atoms with E-state index >= 15 is 0 Å². The average molecular weight is 277 g/mol. The zero-order chi connectivity index (χ0) is 14.0. The van der Waals surface area contributed by atoms with E-state index in [1.807, 2.05) is 0 Å². The van der Waals surface area contributed by atoms with Crippen molar-refractivity contribution in [3.8, 4) is 0 Å². The van der Waals surface area contributed by atoms with Gasteiger partial charge in [0.05, 0.1) is 4.90 Å². The molecule has 0 aliphatic carbocycles. The molecule has 1 rings (SSSR count). The number of benzene rings is 1. The van der Waals surface area contributed by atoms with Gasteiger partial charge in [-0.15, -0.1) is 0 Å². The van der Waals surface area contributed by atoms with Crippen LogP contribution in [-0.4, -0.2) is 20.7 Å². The molecule has 0 bridgehead atoms.